The first kappa shape index (κ1) is 16.5. The monoisotopic (exact) mass is 397 g/mol. The average Bonchev–Trinajstić information content (AvgIpc) is 3.34. The van der Waals surface area contributed by atoms with E-state index in [-0.39, 0.29) is 0 Å². The zero-order valence-electron chi connectivity index (χ0n) is 15.0. The van der Waals surface area contributed by atoms with Gasteiger partial charge in [-0.25, -0.2) is 0 Å². The summed E-state index contributed by atoms with van der Waals surface area (Å²) in [5.41, 5.74) is 3.74. The minimum absolute atomic E-state index is 0.373. The van der Waals surface area contributed by atoms with Crippen molar-refractivity contribution in [2.75, 3.05) is 0 Å². The lowest BCUT2D eigenvalue weighted by Crippen LogP contribution is -2.21. The average molecular weight is 397 g/mol. The summed E-state index contributed by atoms with van der Waals surface area (Å²) in [6.07, 6.45) is 0. The van der Waals surface area contributed by atoms with Gasteiger partial charge in [-0.1, -0.05) is 78.9 Å². The molecule has 1 aromatic heterocycles. The number of hydrogen-bond donors (Lipinski definition) is 0. The Morgan fingerprint density at radius 2 is 1.29 bits per heavy atom. The molecule has 0 saturated carbocycles. The van der Waals surface area contributed by atoms with Crippen molar-refractivity contribution in [3.63, 3.8) is 0 Å². The van der Waals surface area contributed by atoms with Crippen LogP contribution in [0.15, 0.2) is 97.1 Å². The summed E-state index contributed by atoms with van der Waals surface area (Å²) in [6, 6.07) is 34.6. The van der Waals surface area contributed by atoms with E-state index in [1.807, 2.05) is 0 Å². The molecule has 5 aromatic rings. The first-order chi connectivity index (χ1) is 13.9. The first-order valence-electron chi connectivity index (χ1n) is 9.31. The maximum atomic E-state index is 6.35. The van der Waals surface area contributed by atoms with Gasteiger partial charge in [0.2, 0.25) is 0 Å². The van der Waals surface area contributed by atoms with Crippen molar-refractivity contribution in [1.29, 1.82) is 0 Å². The number of fused-ring (bicyclic) bond motifs is 4. The molecule has 28 heavy (non-hydrogen) atoms. The van der Waals surface area contributed by atoms with Gasteiger partial charge in [0.15, 0.2) is 0 Å². The molecule has 2 heterocycles. The van der Waals surface area contributed by atoms with Crippen LogP contribution in [0.4, 0.5) is 0 Å². The Morgan fingerprint density at radius 3 is 2.00 bits per heavy atom. The SMILES string of the molecule is c1ccc(P2OPc3c(-n4c5ccccc5c5ccccc54)cccc32)cc1. The predicted molar refractivity (Wildman–Crippen MR) is 122 cm³/mol. The van der Waals surface area contributed by atoms with Crippen LogP contribution in [0.3, 0.4) is 0 Å². The van der Waals surface area contributed by atoms with E-state index in [0.29, 0.717) is 8.81 Å². The van der Waals surface area contributed by atoms with Crippen LogP contribution < -0.4 is 15.9 Å². The number of aromatic nitrogens is 1. The van der Waals surface area contributed by atoms with Crippen LogP contribution in [0, 0.1) is 0 Å². The summed E-state index contributed by atoms with van der Waals surface area (Å²) in [5.74, 6) is 0. The molecular weight excluding hydrogens is 380 g/mol. The largest absolute Gasteiger partial charge is 0.326 e. The highest BCUT2D eigenvalue weighted by Crippen LogP contribution is 2.48. The van der Waals surface area contributed by atoms with Crippen molar-refractivity contribution in [3.8, 4) is 5.69 Å². The van der Waals surface area contributed by atoms with Crippen LogP contribution in [0.2, 0.25) is 0 Å². The van der Waals surface area contributed by atoms with Gasteiger partial charge in [-0.3, -0.25) is 0 Å². The summed E-state index contributed by atoms with van der Waals surface area (Å²) >= 11 is 0. The zero-order chi connectivity index (χ0) is 18.5. The predicted octanol–water partition coefficient (Wildman–Crippen LogP) is 5.38. The molecule has 0 saturated heterocycles. The molecule has 4 heteroatoms. The summed E-state index contributed by atoms with van der Waals surface area (Å²) in [6.45, 7) is 0. The van der Waals surface area contributed by atoms with Crippen LogP contribution >= 0.6 is 17.0 Å². The molecule has 0 fully saturated rings. The molecule has 2 atom stereocenters. The first-order valence-corrected chi connectivity index (χ1v) is 11.5. The quantitative estimate of drug-likeness (QED) is 0.365. The van der Waals surface area contributed by atoms with Crippen molar-refractivity contribution in [1.82, 2.24) is 4.57 Å². The van der Waals surface area contributed by atoms with E-state index in [2.05, 4.69) is 102 Å². The summed E-state index contributed by atoms with van der Waals surface area (Å²) < 4.78 is 8.76. The van der Waals surface area contributed by atoms with E-state index in [1.165, 1.54) is 43.4 Å². The van der Waals surface area contributed by atoms with E-state index >= 15 is 0 Å². The number of nitrogens with zero attached hydrogens (tertiary/aromatic N) is 1. The second-order valence-electron chi connectivity index (χ2n) is 6.86. The van der Waals surface area contributed by atoms with Gasteiger partial charge in [-0.2, -0.15) is 0 Å². The Hall–Kier alpha value is -2.50. The van der Waals surface area contributed by atoms with E-state index in [1.54, 1.807) is 0 Å². The number of benzene rings is 4. The Balaban J connectivity index is 1.63. The lowest BCUT2D eigenvalue weighted by Gasteiger charge is -2.13. The molecule has 0 radical (unpaired) electrons. The van der Waals surface area contributed by atoms with Crippen LogP contribution in [-0.4, -0.2) is 4.57 Å². The molecule has 2 unspecified atom stereocenters. The third-order valence-electron chi connectivity index (χ3n) is 5.29. The molecule has 1 aliphatic rings. The second kappa shape index (κ2) is 6.54. The van der Waals surface area contributed by atoms with Gasteiger partial charge in [0.1, 0.15) is 0 Å². The molecule has 134 valence electrons. The van der Waals surface area contributed by atoms with Crippen molar-refractivity contribution in [3.05, 3.63) is 97.1 Å². The van der Waals surface area contributed by atoms with Crippen molar-refractivity contribution in [2.45, 2.75) is 0 Å². The fourth-order valence-electron chi connectivity index (χ4n) is 4.07. The molecule has 4 aromatic carbocycles. The van der Waals surface area contributed by atoms with E-state index in [0.717, 1.165) is 0 Å². The molecule has 0 aliphatic carbocycles. The van der Waals surface area contributed by atoms with Gasteiger partial charge < -0.3 is 8.88 Å². The Kier molecular flexibility index (Phi) is 3.84. The smallest absolute Gasteiger partial charge is 0.0975 e. The topological polar surface area (TPSA) is 14.2 Å². The van der Waals surface area contributed by atoms with Gasteiger partial charge in [0.25, 0.3) is 0 Å². The van der Waals surface area contributed by atoms with Crippen LogP contribution in [0.1, 0.15) is 0 Å². The molecular formula is C24H17NOP2. The molecule has 6 rings (SSSR count). The van der Waals surface area contributed by atoms with E-state index < -0.39 is 8.15 Å². The van der Waals surface area contributed by atoms with Gasteiger partial charge in [0, 0.05) is 26.7 Å². The lowest BCUT2D eigenvalue weighted by molar-refractivity contribution is 0.736. The van der Waals surface area contributed by atoms with Gasteiger partial charge >= 0.3 is 0 Å². The number of rotatable bonds is 2. The standard InChI is InChI=1S/C24H17NOP2/c1-2-9-17(10-3-1)28-23-16-8-15-22(24(23)27-26-28)25-20-13-6-4-11-18(20)19-12-5-7-14-21(19)25/h1-16,27H. The molecule has 0 amide bonds. The highest BCUT2D eigenvalue weighted by atomic mass is 31.2. The number of para-hydroxylation sites is 2. The van der Waals surface area contributed by atoms with Crippen LogP contribution in [0.25, 0.3) is 27.5 Å². The minimum atomic E-state index is -0.736. The van der Waals surface area contributed by atoms with Crippen molar-refractivity contribution >= 4 is 54.7 Å². The van der Waals surface area contributed by atoms with Crippen LogP contribution in [-0.2, 0) is 4.31 Å². The summed E-state index contributed by atoms with van der Waals surface area (Å²) in [4.78, 5) is 0. The minimum Gasteiger partial charge on any atom is -0.326 e. The molecule has 2 nitrogen and oxygen atoms in total. The fourth-order valence-corrected chi connectivity index (χ4v) is 7.80. The van der Waals surface area contributed by atoms with E-state index in [9.17, 15) is 0 Å². The molecule has 0 bridgehead atoms. The normalized spacial score (nSPS) is 16.8. The maximum absolute atomic E-state index is 6.35. The third kappa shape index (κ3) is 2.39. The Labute approximate surface area is 166 Å². The molecule has 0 N–H and O–H groups in total. The lowest BCUT2D eigenvalue weighted by atomic mass is 10.2. The number of hydrogen-bond acceptors (Lipinski definition) is 1. The third-order valence-corrected chi connectivity index (χ3v) is 8.90. The fraction of sp³-hybridized carbons (Fsp3) is 0. The van der Waals surface area contributed by atoms with Gasteiger partial charge in [-0.15, -0.1) is 0 Å². The highest BCUT2D eigenvalue weighted by molar-refractivity contribution is 7.78. The van der Waals surface area contributed by atoms with Gasteiger partial charge in [-0.05, 0) is 18.2 Å². The van der Waals surface area contributed by atoms with Crippen molar-refractivity contribution < 1.29 is 4.31 Å². The van der Waals surface area contributed by atoms with Crippen LogP contribution in [0.5, 0.6) is 0 Å². The van der Waals surface area contributed by atoms with E-state index in [4.69, 9.17) is 4.31 Å². The summed E-state index contributed by atoms with van der Waals surface area (Å²) in [5, 5.41) is 6.55. The summed E-state index contributed by atoms with van der Waals surface area (Å²) in [7, 11) is -0.363. The molecule has 0 spiro atoms. The highest BCUT2D eigenvalue weighted by Gasteiger charge is 2.28. The van der Waals surface area contributed by atoms with Crippen molar-refractivity contribution in [2.24, 2.45) is 0 Å². The zero-order valence-corrected chi connectivity index (χ0v) is 16.9. The maximum Gasteiger partial charge on any atom is 0.0975 e. The van der Waals surface area contributed by atoms with Gasteiger partial charge in [0.05, 0.1) is 33.7 Å². The molecule has 1 aliphatic heterocycles. The second-order valence-corrected chi connectivity index (χ2v) is 9.89. The Morgan fingerprint density at radius 1 is 0.643 bits per heavy atom. The Bertz CT molecular complexity index is 1270.